The predicted molar refractivity (Wildman–Crippen MR) is 80.9 cm³/mol. The molecule has 116 valence electrons. The van der Waals surface area contributed by atoms with E-state index in [1.165, 1.54) is 17.7 Å². The van der Waals surface area contributed by atoms with Crippen molar-refractivity contribution in [3.05, 3.63) is 50.4 Å². The van der Waals surface area contributed by atoms with E-state index < -0.39 is 10.9 Å². The van der Waals surface area contributed by atoms with Crippen molar-refractivity contribution in [2.24, 2.45) is 0 Å². The van der Waals surface area contributed by atoms with Gasteiger partial charge in [-0.1, -0.05) is 6.07 Å². The lowest BCUT2D eigenvalue weighted by molar-refractivity contribution is -0.383. The summed E-state index contributed by atoms with van der Waals surface area (Å²) in [5.41, 5.74) is 0.0947. The first kappa shape index (κ1) is 15.7. The molecule has 22 heavy (non-hydrogen) atoms. The van der Waals surface area contributed by atoms with E-state index >= 15 is 0 Å². The Morgan fingerprint density at radius 1 is 1.36 bits per heavy atom. The van der Waals surface area contributed by atoms with Gasteiger partial charge in [-0.3, -0.25) is 19.7 Å². The number of aryl methyl sites for hydroxylation is 1. The second-order valence-electron chi connectivity index (χ2n) is 5.13. The molecule has 0 N–H and O–H groups in total. The highest BCUT2D eigenvalue weighted by Crippen LogP contribution is 2.27. The van der Waals surface area contributed by atoms with Gasteiger partial charge in [-0.2, -0.15) is 0 Å². The van der Waals surface area contributed by atoms with E-state index in [4.69, 9.17) is 4.74 Å². The Labute approximate surface area is 126 Å². The molecule has 2 aromatic rings. The van der Waals surface area contributed by atoms with Gasteiger partial charge in [0.05, 0.1) is 21.7 Å². The monoisotopic (exact) mass is 304 g/mol. The molecule has 1 atom stereocenters. The highest BCUT2D eigenvalue weighted by atomic mass is 16.6. The van der Waals surface area contributed by atoms with E-state index in [0.717, 1.165) is 0 Å². The number of rotatable bonds is 4. The number of carbonyl (C=O) groups excluding carboxylic acids is 1. The van der Waals surface area contributed by atoms with Crippen molar-refractivity contribution in [1.82, 2.24) is 4.57 Å². The van der Waals surface area contributed by atoms with Gasteiger partial charge < -0.3 is 9.30 Å². The van der Waals surface area contributed by atoms with Gasteiger partial charge >= 0.3 is 5.97 Å². The maximum Gasteiger partial charge on any atom is 0.302 e. The van der Waals surface area contributed by atoms with E-state index in [2.05, 4.69) is 0 Å². The Morgan fingerprint density at radius 3 is 2.64 bits per heavy atom. The number of nitrogens with zero attached hydrogens (tertiary/aromatic N) is 2. The summed E-state index contributed by atoms with van der Waals surface area (Å²) >= 11 is 0. The van der Waals surface area contributed by atoms with Crippen LogP contribution in [0.5, 0.6) is 0 Å². The van der Waals surface area contributed by atoms with Crippen molar-refractivity contribution in [3.8, 4) is 0 Å². The van der Waals surface area contributed by atoms with Gasteiger partial charge in [-0.05, 0) is 26.0 Å². The average Bonchev–Trinajstić information content (AvgIpc) is 2.44. The maximum absolute atomic E-state index is 12.5. The highest BCUT2D eigenvalue weighted by molar-refractivity contribution is 5.91. The van der Waals surface area contributed by atoms with Crippen LogP contribution in [0.4, 0.5) is 5.69 Å². The van der Waals surface area contributed by atoms with Crippen molar-refractivity contribution >= 4 is 22.4 Å². The predicted octanol–water partition coefficient (Wildman–Crippen LogP) is 2.34. The summed E-state index contributed by atoms with van der Waals surface area (Å²) in [6.45, 7) is 4.72. The lowest BCUT2D eigenvalue weighted by Crippen LogP contribution is -2.26. The number of carbonyl (C=O) groups is 1. The summed E-state index contributed by atoms with van der Waals surface area (Å²) in [7, 11) is 0. The fraction of sp³-hybridized carbons (Fsp3) is 0.333. The highest BCUT2D eigenvalue weighted by Gasteiger charge is 2.19. The second-order valence-corrected chi connectivity index (χ2v) is 5.13. The van der Waals surface area contributed by atoms with Crippen molar-refractivity contribution in [3.63, 3.8) is 0 Å². The van der Waals surface area contributed by atoms with E-state index in [1.807, 2.05) is 0 Å². The summed E-state index contributed by atoms with van der Waals surface area (Å²) in [4.78, 5) is 34.1. The van der Waals surface area contributed by atoms with E-state index in [0.29, 0.717) is 10.9 Å². The fourth-order valence-corrected chi connectivity index (χ4v) is 2.34. The molecule has 0 spiro atoms. The van der Waals surface area contributed by atoms with Crippen LogP contribution < -0.4 is 5.56 Å². The number of nitro groups is 1. The summed E-state index contributed by atoms with van der Waals surface area (Å²) < 4.78 is 6.31. The quantitative estimate of drug-likeness (QED) is 0.491. The lowest BCUT2D eigenvalue weighted by atomic mass is 10.1. The Balaban J connectivity index is 2.56. The molecule has 1 aromatic carbocycles. The van der Waals surface area contributed by atoms with Crippen LogP contribution in [0.15, 0.2) is 29.2 Å². The Morgan fingerprint density at radius 2 is 2.05 bits per heavy atom. The molecule has 0 radical (unpaired) electrons. The van der Waals surface area contributed by atoms with Gasteiger partial charge in [0.1, 0.15) is 6.61 Å². The molecule has 0 amide bonds. The maximum atomic E-state index is 12.5. The molecule has 1 aromatic heterocycles. The third-order valence-electron chi connectivity index (χ3n) is 3.47. The van der Waals surface area contributed by atoms with Crippen LogP contribution in [-0.2, 0) is 9.53 Å². The zero-order valence-electron chi connectivity index (χ0n) is 12.5. The van der Waals surface area contributed by atoms with Gasteiger partial charge in [-0.15, -0.1) is 0 Å². The Hall–Kier alpha value is -2.70. The minimum atomic E-state index is -0.482. The van der Waals surface area contributed by atoms with Crippen LogP contribution in [0, 0.1) is 17.0 Å². The zero-order valence-corrected chi connectivity index (χ0v) is 12.5. The van der Waals surface area contributed by atoms with Gasteiger partial charge in [0.25, 0.3) is 11.2 Å². The molecule has 0 unspecified atom stereocenters. The number of esters is 1. The third kappa shape index (κ3) is 2.83. The van der Waals surface area contributed by atoms with E-state index in [9.17, 15) is 19.7 Å². The molecule has 2 rings (SSSR count). The van der Waals surface area contributed by atoms with E-state index in [1.54, 1.807) is 32.0 Å². The van der Waals surface area contributed by atoms with Crippen molar-refractivity contribution in [2.45, 2.75) is 26.8 Å². The molecule has 0 aliphatic carbocycles. The summed E-state index contributed by atoms with van der Waals surface area (Å²) in [6.07, 6.45) is 1.49. The molecular formula is C15H16N2O5. The Kier molecular flexibility index (Phi) is 4.25. The first-order chi connectivity index (χ1) is 10.3. The minimum Gasteiger partial charge on any atom is -0.464 e. The van der Waals surface area contributed by atoms with Crippen LogP contribution in [0.25, 0.3) is 10.8 Å². The normalized spacial score (nSPS) is 12.1. The smallest absolute Gasteiger partial charge is 0.302 e. The molecule has 0 saturated heterocycles. The second kappa shape index (κ2) is 5.97. The molecule has 1 heterocycles. The first-order valence-electron chi connectivity index (χ1n) is 6.75. The van der Waals surface area contributed by atoms with Crippen LogP contribution in [0.3, 0.4) is 0 Å². The molecule has 0 saturated carbocycles. The Bertz CT molecular complexity index is 809. The number of fused-ring (bicyclic) bond motifs is 1. The first-order valence-corrected chi connectivity index (χ1v) is 6.75. The summed E-state index contributed by atoms with van der Waals surface area (Å²) in [6, 6.07) is 4.32. The van der Waals surface area contributed by atoms with Crippen LogP contribution in [-0.4, -0.2) is 22.1 Å². The molecule has 7 heteroatoms. The van der Waals surface area contributed by atoms with Gasteiger partial charge in [0.15, 0.2) is 0 Å². The SMILES string of the molecule is CC(=O)OC[C@@H](C)n1ccc2c([N+](=O)[O-])c(C)ccc2c1=O. The number of benzene rings is 1. The van der Waals surface area contributed by atoms with Crippen molar-refractivity contribution in [2.75, 3.05) is 6.61 Å². The number of nitro benzene ring substituents is 1. The molecular weight excluding hydrogens is 288 g/mol. The molecule has 0 bridgehead atoms. The van der Waals surface area contributed by atoms with E-state index in [-0.39, 0.29) is 29.3 Å². The summed E-state index contributed by atoms with van der Waals surface area (Å²) in [5.74, 6) is -0.424. The topological polar surface area (TPSA) is 91.4 Å². The van der Waals surface area contributed by atoms with Gasteiger partial charge in [0.2, 0.25) is 0 Å². The molecule has 0 aliphatic heterocycles. The van der Waals surface area contributed by atoms with Crippen LogP contribution >= 0.6 is 0 Å². The third-order valence-corrected chi connectivity index (χ3v) is 3.47. The van der Waals surface area contributed by atoms with Crippen LogP contribution in [0.1, 0.15) is 25.5 Å². The zero-order chi connectivity index (χ0) is 16.4. The number of ether oxygens (including phenoxy) is 1. The molecule has 7 nitrogen and oxygen atoms in total. The largest absolute Gasteiger partial charge is 0.464 e. The summed E-state index contributed by atoms with van der Waals surface area (Å²) in [5, 5.41) is 11.8. The fourth-order valence-electron chi connectivity index (χ4n) is 2.34. The lowest BCUT2D eigenvalue weighted by Gasteiger charge is -2.15. The van der Waals surface area contributed by atoms with Crippen molar-refractivity contribution < 1.29 is 14.5 Å². The number of aromatic nitrogens is 1. The van der Waals surface area contributed by atoms with Gasteiger partial charge in [0, 0.05) is 18.7 Å². The number of hydrogen-bond acceptors (Lipinski definition) is 5. The minimum absolute atomic E-state index is 0.0608. The van der Waals surface area contributed by atoms with Crippen LogP contribution in [0.2, 0.25) is 0 Å². The molecule has 0 fully saturated rings. The standard InChI is InChI=1S/C15H16N2O5/c1-9-4-5-13-12(14(9)17(20)21)6-7-16(15(13)19)10(2)8-22-11(3)18/h4-7,10H,8H2,1-3H3/t10-/m1/s1. The number of hydrogen-bond donors (Lipinski definition) is 0. The molecule has 0 aliphatic rings. The average molecular weight is 304 g/mol. The van der Waals surface area contributed by atoms with Gasteiger partial charge in [-0.25, -0.2) is 0 Å². The van der Waals surface area contributed by atoms with Crippen molar-refractivity contribution in [1.29, 1.82) is 0 Å². The number of pyridine rings is 1.